The van der Waals surface area contributed by atoms with Crippen molar-refractivity contribution in [2.75, 3.05) is 26.8 Å². The summed E-state index contributed by atoms with van der Waals surface area (Å²) < 4.78 is 18.0. The van der Waals surface area contributed by atoms with Gasteiger partial charge in [-0.2, -0.15) is 0 Å². The first-order valence-electron chi connectivity index (χ1n) is 7.95. The first-order valence-corrected chi connectivity index (χ1v) is 7.95. The van der Waals surface area contributed by atoms with Crippen LogP contribution in [0.15, 0.2) is 54.6 Å². The Morgan fingerprint density at radius 2 is 1.64 bits per heavy atom. The lowest BCUT2D eigenvalue weighted by molar-refractivity contribution is -0.131. The van der Waals surface area contributed by atoms with Crippen LogP contribution in [0.5, 0.6) is 0 Å². The standard InChI is InChI=1S/C19H23FN2O2.ClH/c1-24-12-11-21-13-19(23)22(14-16-5-3-2-4-6-16)15-17-7-9-18(20)10-8-17;/h2-10,21H,11-15H2,1H3;1H. The Labute approximate surface area is 154 Å². The third-order valence-electron chi connectivity index (χ3n) is 3.61. The molecule has 2 rings (SSSR count). The van der Waals surface area contributed by atoms with Crippen molar-refractivity contribution in [3.8, 4) is 0 Å². The Kier molecular flexibility index (Phi) is 9.77. The Bertz CT molecular complexity index is 623. The summed E-state index contributed by atoms with van der Waals surface area (Å²) in [7, 11) is 1.62. The van der Waals surface area contributed by atoms with E-state index >= 15 is 0 Å². The molecule has 0 aromatic heterocycles. The molecule has 1 amide bonds. The highest BCUT2D eigenvalue weighted by Gasteiger charge is 2.14. The van der Waals surface area contributed by atoms with Crippen LogP contribution in [0.2, 0.25) is 0 Å². The van der Waals surface area contributed by atoms with Crippen molar-refractivity contribution in [3.63, 3.8) is 0 Å². The van der Waals surface area contributed by atoms with Gasteiger partial charge in [0.2, 0.25) is 5.91 Å². The largest absolute Gasteiger partial charge is 0.383 e. The van der Waals surface area contributed by atoms with Gasteiger partial charge in [-0.25, -0.2) is 4.39 Å². The summed E-state index contributed by atoms with van der Waals surface area (Å²) in [6.07, 6.45) is 0. The van der Waals surface area contributed by atoms with E-state index < -0.39 is 0 Å². The summed E-state index contributed by atoms with van der Waals surface area (Å²) in [6.45, 7) is 2.39. The normalized spacial score (nSPS) is 10.2. The zero-order valence-corrected chi connectivity index (χ0v) is 15.1. The zero-order valence-electron chi connectivity index (χ0n) is 14.3. The SMILES string of the molecule is COCCNCC(=O)N(Cc1ccccc1)Cc1ccc(F)cc1.Cl. The number of methoxy groups -OCH3 is 1. The lowest BCUT2D eigenvalue weighted by Crippen LogP contribution is -2.38. The molecular formula is C19H24ClFN2O2. The number of carbonyl (C=O) groups is 1. The molecule has 0 saturated carbocycles. The van der Waals surface area contributed by atoms with Crippen LogP contribution in [0.4, 0.5) is 4.39 Å². The lowest BCUT2D eigenvalue weighted by atomic mass is 10.1. The predicted molar refractivity (Wildman–Crippen MR) is 99.1 cm³/mol. The molecule has 0 radical (unpaired) electrons. The van der Waals surface area contributed by atoms with E-state index in [1.54, 1.807) is 24.1 Å². The number of carbonyl (C=O) groups excluding carboxylic acids is 1. The van der Waals surface area contributed by atoms with Crippen LogP contribution in [0.3, 0.4) is 0 Å². The summed E-state index contributed by atoms with van der Waals surface area (Å²) in [6, 6.07) is 16.1. The molecule has 0 fully saturated rings. The Morgan fingerprint density at radius 1 is 1.04 bits per heavy atom. The molecule has 4 nitrogen and oxygen atoms in total. The zero-order chi connectivity index (χ0) is 17.2. The summed E-state index contributed by atoms with van der Waals surface area (Å²) >= 11 is 0. The molecule has 0 aliphatic carbocycles. The molecule has 0 spiro atoms. The highest BCUT2D eigenvalue weighted by molar-refractivity contribution is 5.85. The fraction of sp³-hybridized carbons (Fsp3) is 0.316. The molecule has 0 aliphatic rings. The number of benzene rings is 2. The maximum atomic E-state index is 13.1. The van der Waals surface area contributed by atoms with E-state index in [1.165, 1.54) is 12.1 Å². The first kappa shape index (κ1) is 21.1. The average Bonchev–Trinajstić information content (AvgIpc) is 2.61. The fourth-order valence-electron chi connectivity index (χ4n) is 2.33. The highest BCUT2D eigenvalue weighted by Crippen LogP contribution is 2.11. The molecule has 0 unspecified atom stereocenters. The van der Waals surface area contributed by atoms with Crippen molar-refractivity contribution < 1.29 is 13.9 Å². The van der Waals surface area contributed by atoms with Crippen LogP contribution in [-0.2, 0) is 22.6 Å². The van der Waals surface area contributed by atoms with E-state index in [4.69, 9.17) is 4.74 Å². The van der Waals surface area contributed by atoms with Crippen molar-refractivity contribution in [1.29, 1.82) is 0 Å². The Balaban J connectivity index is 0.00000312. The molecule has 0 atom stereocenters. The van der Waals surface area contributed by atoms with Crippen molar-refractivity contribution in [1.82, 2.24) is 10.2 Å². The Morgan fingerprint density at radius 3 is 2.24 bits per heavy atom. The van der Waals surface area contributed by atoms with Crippen LogP contribution in [-0.4, -0.2) is 37.6 Å². The number of rotatable bonds is 9. The second-order valence-electron chi connectivity index (χ2n) is 5.53. The summed E-state index contributed by atoms with van der Waals surface area (Å²) in [5.41, 5.74) is 1.96. The van der Waals surface area contributed by atoms with Crippen LogP contribution >= 0.6 is 12.4 Å². The van der Waals surface area contributed by atoms with E-state index in [0.717, 1.165) is 11.1 Å². The number of ether oxygens (including phenoxy) is 1. The van der Waals surface area contributed by atoms with Crippen molar-refractivity contribution in [2.24, 2.45) is 0 Å². The van der Waals surface area contributed by atoms with Gasteiger partial charge in [-0.15, -0.1) is 12.4 Å². The van der Waals surface area contributed by atoms with E-state index in [0.29, 0.717) is 26.2 Å². The molecule has 0 heterocycles. The predicted octanol–water partition coefficient (Wildman–Crippen LogP) is 3.01. The number of nitrogens with one attached hydrogen (secondary N) is 1. The van der Waals surface area contributed by atoms with Gasteiger partial charge in [0.15, 0.2) is 0 Å². The van der Waals surface area contributed by atoms with E-state index in [9.17, 15) is 9.18 Å². The van der Waals surface area contributed by atoms with E-state index in [2.05, 4.69) is 5.32 Å². The van der Waals surface area contributed by atoms with Crippen LogP contribution in [0.25, 0.3) is 0 Å². The molecule has 0 bridgehead atoms. The van der Waals surface area contributed by atoms with Crippen molar-refractivity contribution in [3.05, 3.63) is 71.5 Å². The topological polar surface area (TPSA) is 41.6 Å². The molecular weight excluding hydrogens is 343 g/mol. The van der Waals surface area contributed by atoms with Gasteiger partial charge in [0.1, 0.15) is 5.82 Å². The van der Waals surface area contributed by atoms with Gasteiger partial charge in [-0.05, 0) is 23.3 Å². The monoisotopic (exact) mass is 366 g/mol. The van der Waals surface area contributed by atoms with Crippen LogP contribution < -0.4 is 5.32 Å². The van der Waals surface area contributed by atoms with Crippen LogP contribution in [0, 0.1) is 5.82 Å². The number of nitrogens with zero attached hydrogens (tertiary/aromatic N) is 1. The average molecular weight is 367 g/mol. The third kappa shape index (κ3) is 7.65. The molecule has 1 N–H and O–H groups in total. The minimum absolute atomic E-state index is 0. The molecule has 25 heavy (non-hydrogen) atoms. The molecule has 0 aliphatic heterocycles. The Hall–Kier alpha value is -1.95. The number of amides is 1. The number of hydrogen-bond donors (Lipinski definition) is 1. The number of halogens is 2. The second-order valence-corrected chi connectivity index (χ2v) is 5.53. The van der Waals surface area contributed by atoms with Gasteiger partial charge in [0.25, 0.3) is 0 Å². The first-order chi connectivity index (χ1) is 11.7. The fourth-order valence-corrected chi connectivity index (χ4v) is 2.33. The smallest absolute Gasteiger partial charge is 0.237 e. The third-order valence-corrected chi connectivity index (χ3v) is 3.61. The second kappa shape index (κ2) is 11.6. The summed E-state index contributed by atoms with van der Waals surface area (Å²) in [4.78, 5) is 14.3. The quantitative estimate of drug-likeness (QED) is 0.694. The van der Waals surface area contributed by atoms with Crippen LogP contribution in [0.1, 0.15) is 11.1 Å². The maximum Gasteiger partial charge on any atom is 0.237 e. The summed E-state index contributed by atoms with van der Waals surface area (Å²) in [5, 5.41) is 3.07. The number of hydrogen-bond acceptors (Lipinski definition) is 3. The molecule has 0 saturated heterocycles. The lowest BCUT2D eigenvalue weighted by Gasteiger charge is -2.23. The van der Waals surface area contributed by atoms with Crippen molar-refractivity contribution >= 4 is 18.3 Å². The highest BCUT2D eigenvalue weighted by atomic mass is 35.5. The van der Waals surface area contributed by atoms with Gasteiger partial charge in [-0.3, -0.25) is 4.79 Å². The van der Waals surface area contributed by atoms with Crippen molar-refractivity contribution in [2.45, 2.75) is 13.1 Å². The van der Waals surface area contributed by atoms with E-state index in [-0.39, 0.29) is 30.7 Å². The molecule has 136 valence electrons. The van der Waals surface area contributed by atoms with Gasteiger partial charge < -0.3 is 15.0 Å². The maximum absolute atomic E-state index is 13.1. The van der Waals surface area contributed by atoms with E-state index in [1.807, 2.05) is 30.3 Å². The van der Waals surface area contributed by atoms with Gasteiger partial charge in [-0.1, -0.05) is 42.5 Å². The van der Waals surface area contributed by atoms with Gasteiger partial charge in [0, 0.05) is 26.7 Å². The molecule has 2 aromatic carbocycles. The summed E-state index contributed by atoms with van der Waals surface area (Å²) in [5.74, 6) is -0.278. The minimum atomic E-state index is -0.277. The van der Waals surface area contributed by atoms with Gasteiger partial charge in [0.05, 0.1) is 13.2 Å². The molecule has 2 aromatic rings. The van der Waals surface area contributed by atoms with Gasteiger partial charge >= 0.3 is 0 Å². The molecule has 6 heteroatoms. The minimum Gasteiger partial charge on any atom is -0.383 e.